The number of hydrogen-bond acceptors (Lipinski definition) is 6. The summed E-state index contributed by atoms with van der Waals surface area (Å²) < 4.78 is 15.7. The number of hydrogen-bond donors (Lipinski definition) is 4. The van der Waals surface area contributed by atoms with Crippen LogP contribution in [-0.2, 0) is 4.79 Å². The second-order valence-corrected chi connectivity index (χ2v) is 8.27. The summed E-state index contributed by atoms with van der Waals surface area (Å²) in [6, 6.07) is 15.3. The summed E-state index contributed by atoms with van der Waals surface area (Å²) in [4.78, 5) is 25.7. The molecule has 4 N–H and O–H groups in total. The Labute approximate surface area is 193 Å². The van der Waals surface area contributed by atoms with Gasteiger partial charge in [-0.1, -0.05) is 35.9 Å². The molecule has 2 amide bonds. The van der Waals surface area contributed by atoms with Crippen LogP contribution in [0.4, 0.5) is 15.9 Å². The Kier molecular flexibility index (Phi) is 5.49. The van der Waals surface area contributed by atoms with Crippen molar-refractivity contribution in [3.8, 4) is 0 Å². The fraction of sp³-hybridized carbons (Fsp3) is 0.227. The van der Waals surface area contributed by atoms with E-state index in [9.17, 15) is 14.0 Å². The van der Waals surface area contributed by atoms with Crippen molar-refractivity contribution in [2.24, 2.45) is 5.92 Å². The highest BCUT2D eigenvalue weighted by atomic mass is 35.5. The number of para-hydroxylation sites is 1. The largest absolute Gasteiger partial charge is 0.321 e. The van der Waals surface area contributed by atoms with Gasteiger partial charge >= 0.3 is 0 Å². The van der Waals surface area contributed by atoms with Crippen LogP contribution in [0.3, 0.4) is 0 Å². The van der Waals surface area contributed by atoms with Gasteiger partial charge < -0.3 is 10.6 Å². The number of hydrazine groups is 1. The first-order valence-electron chi connectivity index (χ1n) is 10.4. The zero-order chi connectivity index (χ0) is 23.1. The molecule has 1 aromatic heterocycles. The third kappa shape index (κ3) is 3.92. The first kappa shape index (κ1) is 21.4. The molecule has 3 atom stereocenters. The molecule has 3 unspecified atom stereocenters. The van der Waals surface area contributed by atoms with Crippen molar-refractivity contribution in [1.82, 2.24) is 25.8 Å². The maximum Gasteiger partial charge on any atom is 0.261 e. The predicted molar refractivity (Wildman–Crippen MR) is 121 cm³/mol. The number of aryl methyl sites for hydroxylation is 1. The normalized spacial score (nSPS) is 22.1. The molecule has 2 fully saturated rings. The van der Waals surface area contributed by atoms with Gasteiger partial charge in [0.25, 0.3) is 5.91 Å². The van der Waals surface area contributed by atoms with Gasteiger partial charge in [-0.25, -0.2) is 14.5 Å². The molecule has 0 saturated carbocycles. The first-order chi connectivity index (χ1) is 15.9. The van der Waals surface area contributed by atoms with E-state index in [1.165, 1.54) is 16.8 Å². The van der Waals surface area contributed by atoms with Crippen molar-refractivity contribution in [2.45, 2.75) is 19.4 Å². The molecule has 2 aliphatic rings. The van der Waals surface area contributed by atoms with Crippen molar-refractivity contribution in [3.63, 3.8) is 0 Å². The van der Waals surface area contributed by atoms with E-state index >= 15 is 0 Å². The van der Waals surface area contributed by atoms with Crippen LogP contribution in [0.5, 0.6) is 0 Å². The standard InChI is InChI=1S/C22H21ClFN7O2/c1-12-10-17(26-21(33)18-15(23)8-5-9-16(18)24)31(29-12)22-27-19-14(20(32)28-22)11-25-30(19)13-6-3-2-4-7-13/h2-10,14,19,22,25,27H,11H2,1H3,(H,26,33)(H,28,32). The summed E-state index contributed by atoms with van der Waals surface area (Å²) >= 11 is 6.03. The smallest absolute Gasteiger partial charge is 0.261 e. The molecule has 11 heteroatoms. The average Bonchev–Trinajstić information content (AvgIpc) is 3.38. The summed E-state index contributed by atoms with van der Waals surface area (Å²) in [5, 5.41) is 15.3. The van der Waals surface area contributed by atoms with Crippen LogP contribution in [0.15, 0.2) is 54.6 Å². The fourth-order valence-corrected chi connectivity index (χ4v) is 4.38. The van der Waals surface area contributed by atoms with Gasteiger partial charge in [-0.05, 0) is 31.2 Å². The van der Waals surface area contributed by atoms with Crippen molar-refractivity contribution < 1.29 is 14.0 Å². The summed E-state index contributed by atoms with van der Waals surface area (Å²) in [6.07, 6.45) is -1.09. The zero-order valence-corrected chi connectivity index (χ0v) is 18.3. The lowest BCUT2D eigenvalue weighted by molar-refractivity contribution is -0.129. The number of nitrogens with zero attached hydrogens (tertiary/aromatic N) is 3. The lowest BCUT2D eigenvalue weighted by Gasteiger charge is -2.37. The average molecular weight is 470 g/mol. The Hall–Kier alpha value is -3.47. The van der Waals surface area contributed by atoms with Crippen LogP contribution in [0, 0.1) is 18.7 Å². The molecule has 3 aromatic rings. The number of nitrogens with one attached hydrogen (secondary N) is 4. The molecule has 5 rings (SSSR count). The molecule has 3 heterocycles. The summed E-state index contributed by atoms with van der Waals surface area (Å²) in [7, 11) is 0. The molecular formula is C22H21ClFN7O2. The number of carbonyl (C=O) groups excluding carboxylic acids is 2. The van der Waals surface area contributed by atoms with E-state index in [4.69, 9.17) is 11.6 Å². The zero-order valence-electron chi connectivity index (χ0n) is 17.5. The van der Waals surface area contributed by atoms with E-state index in [1.54, 1.807) is 13.0 Å². The summed E-state index contributed by atoms with van der Waals surface area (Å²) in [6.45, 7) is 2.22. The lowest BCUT2D eigenvalue weighted by Crippen LogP contribution is -2.61. The number of halogens is 2. The fourth-order valence-electron chi connectivity index (χ4n) is 4.13. The van der Waals surface area contributed by atoms with Crippen LogP contribution >= 0.6 is 11.6 Å². The number of carbonyl (C=O) groups is 2. The Morgan fingerprint density at radius 2 is 2.00 bits per heavy atom. The Bertz CT molecular complexity index is 1200. The van der Waals surface area contributed by atoms with E-state index in [-0.39, 0.29) is 34.4 Å². The number of anilines is 2. The molecule has 0 bridgehead atoms. The Morgan fingerprint density at radius 1 is 1.21 bits per heavy atom. The number of fused-ring (bicyclic) bond motifs is 1. The Morgan fingerprint density at radius 3 is 2.76 bits per heavy atom. The molecule has 0 spiro atoms. The maximum absolute atomic E-state index is 14.2. The highest BCUT2D eigenvalue weighted by Gasteiger charge is 2.45. The molecule has 0 aliphatic carbocycles. The van der Waals surface area contributed by atoms with Crippen molar-refractivity contribution in [1.29, 1.82) is 0 Å². The van der Waals surface area contributed by atoms with Crippen LogP contribution in [0.25, 0.3) is 0 Å². The van der Waals surface area contributed by atoms with E-state index in [1.807, 2.05) is 35.3 Å². The number of rotatable bonds is 4. The van der Waals surface area contributed by atoms with E-state index < -0.39 is 18.0 Å². The molecule has 33 heavy (non-hydrogen) atoms. The minimum absolute atomic E-state index is 0.00208. The van der Waals surface area contributed by atoms with Gasteiger partial charge in [0.15, 0.2) is 6.29 Å². The quantitative estimate of drug-likeness (QED) is 0.468. The molecule has 9 nitrogen and oxygen atoms in total. The van der Waals surface area contributed by atoms with Gasteiger partial charge in [0.2, 0.25) is 5.91 Å². The highest BCUT2D eigenvalue weighted by Crippen LogP contribution is 2.28. The minimum atomic E-state index is -0.745. The minimum Gasteiger partial charge on any atom is -0.321 e. The number of aromatic nitrogens is 2. The van der Waals surface area contributed by atoms with Gasteiger partial charge in [-0.2, -0.15) is 5.10 Å². The van der Waals surface area contributed by atoms with Gasteiger partial charge in [-0.3, -0.25) is 19.9 Å². The second-order valence-electron chi connectivity index (χ2n) is 7.86. The third-order valence-electron chi connectivity index (χ3n) is 5.65. The van der Waals surface area contributed by atoms with Crippen molar-refractivity contribution in [2.75, 3.05) is 16.9 Å². The first-order valence-corrected chi connectivity index (χ1v) is 10.8. The van der Waals surface area contributed by atoms with Crippen LogP contribution < -0.4 is 26.4 Å². The topological polar surface area (TPSA) is 103 Å². The van der Waals surface area contributed by atoms with E-state index in [0.29, 0.717) is 12.2 Å². The van der Waals surface area contributed by atoms with Gasteiger partial charge in [0.05, 0.1) is 27.9 Å². The molecule has 2 aliphatic heterocycles. The number of amides is 2. The van der Waals surface area contributed by atoms with E-state index in [0.717, 1.165) is 11.8 Å². The highest BCUT2D eigenvalue weighted by molar-refractivity contribution is 6.34. The lowest BCUT2D eigenvalue weighted by atomic mass is 10.0. The monoisotopic (exact) mass is 469 g/mol. The van der Waals surface area contributed by atoms with Crippen LogP contribution in [0.1, 0.15) is 22.3 Å². The van der Waals surface area contributed by atoms with E-state index in [2.05, 4.69) is 26.5 Å². The van der Waals surface area contributed by atoms with Crippen LogP contribution in [0.2, 0.25) is 5.02 Å². The van der Waals surface area contributed by atoms with Gasteiger partial charge in [0.1, 0.15) is 17.8 Å². The van der Waals surface area contributed by atoms with Gasteiger partial charge in [0, 0.05) is 12.6 Å². The van der Waals surface area contributed by atoms with Crippen molar-refractivity contribution >= 4 is 34.9 Å². The molecule has 2 aromatic carbocycles. The second kappa shape index (κ2) is 8.47. The maximum atomic E-state index is 14.2. The predicted octanol–water partition coefficient (Wildman–Crippen LogP) is 2.38. The van der Waals surface area contributed by atoms with Gasteiger partial charge in [-0.15, -0.1) is 0 Å². The molecule has 170 valence electrons. The number of benzene rings is 2. The summed E-state index contributed by atoms with van der Waals surface area (Å²) in [5.41, 5.74) is 4.51. The third-order valence-corrected chi connectivity index (χ3v) is 5.97. The van der Waals surface area contributed by atoms with Crippen molar-refractivity contribution in [3.05, 3.63) is 76.7 Å². The molecule has 0 radical (unpaired) electrons. The molecule has 2 saturated heterocycles. The van der Waals surface area contributed by atoms with Crippen LogP contribution in [-0.4, -0.2) is 34.3 Å². The summed E-state index contributed by atoms with van der Waals surface area (Å²) in [5.74, 6) is -1.64. The SMILES string of the molecule is Cc1cc(NC(=O)c2c(F)cccc2Cl)n(C2NC(=O)C3CNN(c4ccccc4)C3N2)n1. The Balaban J connectivity index is 1.42. The molecular weight excluding hydrogens is 449 g/mol.